The quantitative estimate of drug-likeness (QED) is 0.687. The number of benzene rings is 2. The van der Waals surface area contributed by atoms with E-state index in [0.29, 0.717) is 22.3 Å². The molecule has 4 aliphatic rings. The van der Waals surface area contributed by atoms with Gasteiger partial charge in [0.25, 0.3) is 0 Å². The van der Waals surface area contributed by atoms with Crippen molar-refractivity contribution in [1.82, 2.24) is 0 Å². The molecule has 2 heterocycles. The highest BCUT2D eigenvalue weighted by Crippen LogP contribution is 2.38. The number of carbonyl (C=O) groups excluding carboxylic acids is 5. The average molecular weight is 454 g/mol. The summed E-state index contributed by atoms with van der Waals surface area (Å²) in [5, 5.41) is 0. The fourth-order valence-corrected chi connectivity index (χ4v) is 5.18. The van der Waals surface area contributed by atoms with E-state index >= 15 is 0 Å². The molecule has 0 aromatic heterocycles. The van der Waals surface area contributed by atoms with Crippen LogP contribution < -0.4 is 0 Å². The van der Waals surface area contributed by atoms with Gasteiger partial charge in [0, 0.05) is 51.8 Å². The Morgan fingerprint density at radius 1 is 0.735 bits per heavy atom. The molecule has 6 rings (SSSR count). The van der Waals surface area contributed by atoms with Crippen molar-refractivity contribution in [3.63, 3.8) is 0 Å². The molecule has 0 radical (unpaired) electrons. The Labute approximate surface area is 194 Å². The summed E-state index contributed by atoms with van der Waals surface area (Å²) >= 11 is 0. The van der Waals surface area contributed by atoms with E-state index in [1.165, 1.54) is 6.26 Å². The topological polar surface area (TPSA) is 104 Å². The molecule has 0 spiro atoms. The number of ketones is 5. The Bertz CT molecular complexity index is 1390. The maximum atomic E-state index is 13.3. The number of hydrogen-bond acceptors (Lipinski definition) is 7. The molecule has 0 amide bonds. The number of carbonyl (C=O) groups is 5. The largest absolute Gasteiger partial charge is 0.490 e. The molecule has 3 unspecified atom stereocenters. The van der Waals surface area contributed by atoms with E-state index in [0.717, 1.165) is 0 Å². The van der Waals surface area contributed by atoms with Crippen LogP contribution in [0.15, 0.2) is 71.5 Å². The van der Waals surface area contributed by atoms with Gasteiger partial charge in [0.05, 0.1) is 18.8 Å². The zero-order valence-corrected chi connectivity index (χ0v) is 17.9. The third kappa shape index (κ3) is 2.90. The molecule has 7 nitrogen and oxygen atoms in total. The first kappa shape index (κ1) is 20.6. The number of rotatable bonds is 2. The normalized spacial score (nSPS) is 25.5. The highest BCUT2D eigenvalue weighted by molar-refractivity contribution is 6.27. The summed E-state index contributed by atoms with van der Waals surface area (Å²) in [6.45, 7) is -0.146. The maximum absolute atomic E-state index is 13.3. The number of hydrogen-bond donors (Lipinski definition) is 0. The zero-order chi connectivity index (χ0) is 23.6. The number of fused-ring (bicyclic) bond motifs is 3. The van der Waals surface area contributed by atoms with Crippen LogP contribution >= 0.6 is 0 Å². The smallest absolute Gasteiger partial charge is 0.202 e. The Morgan fingerprint density at radius 3 is 2.00 bits per heavy atom. The zero-order valence-electron chi connectivity index (χ0n) is 17.9. The van der Waals surface area contributed by atoms with Crippen molar-refractivity contribution in [3.05, 3.63) is 93.8 Å². The molecule has 2 aliphatic heterocycles. The van der Waals surface area contributed by atoms with Crippen molar-refractivity contribution < 1.29 is 33.4 Å². The lowest BCUT2D eigenvalue weighted by molar-refractivity contribution is -0.140. The van der Waals surface area contributed by atoms with Crippen LogP contribution in [0, 0.1) is 5.92 Å². The minimum atomic E-state index is -0.996. The molecule has 168 valence electrons. The molecule has 7 heteroatoms. The molecule has 3 atom stereocenters. The molecule has 2 aromatic rings. The van der Waals surface area contributed by atoms with Crippen LogP contribution in [0.25, 0.3) is 0 Å². The Hall–Kier alpha value is -3.97. The van der Waals surface area contributed by atoms with Crippen molar-refractivity contribution in [2.45, 2.75) is 25.0 Å². The molecule has 0 fully saturated rings. The van der Waals surface area contributed by atoms with Gasteiger partial charge in [-0.1, -0.05) is 48.5 Å². The Morgan fingerprint density at radius 2 is 1.32 bits per heavy atom. The van der Waals surface area contributed by atoms with Crippen LogP contribution in [0.4, 0.5) is 0 Å². The second-order valence-electron chi connectivity index (χ2n) is 8.79. The van der Waals surface area contributed by atoms with Gasteiger partial charge in [-0.3, -0.25) is 24.0 Å². The van der Waals surface area contributed by atoms with Crippen molar-refractivity contribution in [1.29, 1.82) is 0 Å². The first-order chi connectivity index (χ1) is 16.5. The van der Waals surface area contributed by atoms with Crippen LogP contribution in [-0.2, 0) is 14.3 Å². The summed E-state index contributed by atoms with van der Waals surface area (Å²) in [4.78, 5) is 65.0. The molecular weight excluding hydrogens is 436 g/mol. The van der Waals surface area contributed by atoms with Crippen LogP contribution in [-0.4, -0.2) is 47.7 Å². The van der Waals surface area contributed by atoms with Crippen LogP contribution in [0.1, 0.15) is 54.3 Å². The average Bonchev–Trinajstić information content (AvgIpc) is 2.89. The highest BCUT2D eigenvalue weighted by atomic mass is 16.5. The van der Waals surface area contributed by atoms with Crippen LogP contribution in [0.5, 0.6) is 0 Å². The van der Waals surface area contributed by atoms with Gasteiger partial charge in [-0.25, -0.2) is 0 Å². The standard InChI is InChI=1S/C27H18O7/c28-23-13-5-1-3-7-15(13)25(30)19-11-33-21(9-17(19)23)27(32)22-10-18-20(12-34-22)26(31)16-8-4-2-6-14(16)24(18)29/h1-8,11,17,21-22H,9-10,12H2. The first-order valence-electron chi connectivity index (χ1n) is 11.0. The first-order valence-corrected chi connectivity index (χ1v) is 11.0. The van der Waals surface area contributed by atoms with Gasteiger partial charge < -0.3 is 9.47 Å². The number of allylic oxidation sites excluding steroid dienone is 1. The lowest BCUT2D eigenvalue weighted by atomic mass is 9.74. The summed E-state index contributed by atoms with van der Waals surface area (Å²) in [5.74, 6) is -2.22. The summed E-state index contributed by atoms with van der Waals surface area (Å²) < 4.78 is 11.3. The monoisotopic (exact) mass is 454 g/mol. The van der Waals surface area contributed by atoms with Gasteiger partial charge in [0.1, 0.15) is 6.10 Å². The van der Waals surface area contributed by atoms with Gasteiger partial charge in [-0.05, 0) is 0 Å². The second-order valence-corrected chi connectivity index (χ2v) is 8.79. The molecule has 0 saturated heterocycles. The third-order valence-electron chi connectivity index (χ3n) is 6.98. The van der Waals surface area contributed by atoms with Gasteiger partial charge in [0.2, 0.25) is 5.78 Å². The van der Waals surface area contributed by atoms with Crippen LogP contribution in [0.3, 0.4) is 0 Å². The second kappa shape index (κ2) is 7.53. The summed E-state index contributed by atoms with van der Waals surface area (Å²) in [6.07, 6.45) is -0.784. The third-order valence-corrected chi connectivity index (χ3v) is 6.98. The summed E-state index contributed by atoms with van der Waals surface area (Å²) in [7, 11) is 0. The van der Waals surface area contributed by atoms with E-state index in [1.807, 2.05) is 0 Å². The fourth-order valence-electron chi connectivity index (χ4n) is 5.18. The Balaban J connectivity index is 1.25. The van der Waals surface area contributed by atoms with Gasteiger partial charge >= 0.3 is 0 Å². The van der Waals surface area contributed by atoms with E-state index in [4.69, 9.17) is 9.47 Å². The Kier molecular flexibility index (Phi) is 4.57. The lowest BCUT2D eigenvalue weighted by Gasteiger charge is -2.34. The van der Waals surface area contributed by atoms with Gasteiger partial charge in [0.15, 0.2) is 29.2 Å². The van der Waals surface area contributed by atoms with Gasteiger partial charge in [-0.2, -0.15) is 0 Å². The molecule has 0 N–H and O–H groups in total. The van der Waals surface area contributed by atoms with Crippen molar-refractivity contribution in [2.24, 2.45) is 5.92 Å². The van der Waals surface area contributed by atoms with Crippen molar-refractivity contribution in [2.75, 3.05) is 6.61 Å². The lowest BCUT2D eigenvalue weighted by Crippen LogP contribution is -2.44. The predicted molar refractivity (Wildman–Crippen MR) is 118 cm³/mol. The van der Waals surface area contributed by atoms with E-state index in [9.17, 15) is 24.0 Å². The molecule has 0 bridgehead atoms. The number of Topliss-reactive ketones (excluding diaryl/α,β-unsaturated/α-hetero) is 5. The fraction of sp³-hybridized carbons (Fsp3) is 0.222. The maximum Gasteiger partial charge on any atom is 0.202 e. The molecule has 0 saturated carbocycles. The van der Waals surface area contributed by atoms with Gasteiger partial charge in [-0.15, -0.1) is 0 Å². The van der Waals surface area contributed by atoms with E-state index in [1.54, 1.807) is 48.5 Å². The van der Waals surface area contributed by atoms with E-state index < -0.39 is 23.9 Å². The molecular formula is C27H18O7. The summed E-state index contributed by atoms with van der Waals surface area (Å²) in [5.41, 5.74) is 2.16. The van der Waals surface area contributed by atoms with E-state index in [-0.39, 0.29) is 59.3 Å². The van der Waals surface area contributed by atoms with E-state index in [2.05, 4.69) is 0 Å². The molecule has 2 aromatic carbocycles. The highest BCUT2D eigenvalue weighted by Gasteiger charge is 2.45. The van der Waals surface area contributed by atoms with Crippen molar-refractivity contribution >= 4 is 28.9 Å². The minimum Gasteiger partial charge on any atom is -0.490 e. The number of ether oxygens (including phenoxy) is 2. The molecule has 2 aliphatic carbocycles. The van der Waals surface area contributed by atoms with Crippen LogP contribution in [0.2, 0.25) is 0 Å². The molecule has 34 heavy (non-hydrogen) atoms. The van der Waals surface area contributed by atoms with Crippen molar-refractivity contribution in [3.8, 4) is 0 Å². The predicted octanol–water partition coefficient (Wildman–Crippen LogP) is 3.09. The minimum absolute atomic E-state index is 0.0189. The summed E-state index contributed by atoms with van der Waals surface area (Å²) in [6, 6.07) is 13.2. The SMILES string of the molecule is O=C1C2=C(CC(C(=O)C3CC4C(=O)c5ccccc5C(=O)C4=CO3)OC2)C(=O)c2ccccc21.